The van der Waals surface area contributed by atoms with E-state index in [9.17, 15) is 9.90 Å². The summed E-state index contributed by atoms with van der Waals surface area (Å²) in [5.41, 5.74) is 2.88. The Bertz CT molecular complexity index is 959. The van der Waals surface area contributed by atoms with Crippen molar-refractivity contribution in [1.29, 1.82) is 0 Å². The SMILES string of the molecule is Cc1nn(C)c2nc(C3CC3)cc(C(=O)Nc3ncccc3O)c12. The molecule has 0 bridgehead atoms. The van der Waals surface area contributed by atoms with Gasteiger partial charge in [-0.05, 0) is 38.0 Å². The van der Waals surface area contributed by atoms with Crippen molar-refractivity contribution in [1.82, 2.24) is 19.7 Å². The smallest absolute Gasteiger partial charge is 0.257 e. The van der Waals surface area contributed by atoms with Crippen molar-refractivity contribution in [2.24, 2.45) is 7.05 Å². The summed E-state index contributed by atoms with van der Waals surface area (Å²) >= 11 is 0. The van der Waals surface area contributed by atoms with E-state index < -0.39 is 0 Å². The zero-order chi connectivity index (χ0) is 16.8. The second kappa shape index (κ2) is 5.30. The monoisotopic (exact) mass is 323 g/mol. The zero-order valence-electron chi connectivity index (χ0n) is 13.4. The summed E-state index contributed by atoms with van der Waals surface area (Å²) < 4.78 is 1.70. The van der Waals surface area contributed by atoms with E-state index in [0.717, 1.165) is 29.6 Å². The average Bonchev–Trinajstić information content (AvgIpc) is 3.36. The van der Waals surface area contributed by atoms with Gasteiger partial charge in [0.1, 0.15) is 0 Å². The molecule has 1 saturated carbocycles. The van der Waals surface area contributed by atoms with Crippen molar-refractivity contribution < 1.29 is 9.90 Å². The maximum atomic E-state index is 12.8. The summed E-state index contributed by atoms with van der Waals surface area (Å²) in [7, 11) is 1.82. The van der Waals surface area contributed by atoms with Crippen molar-refractivity contribution in [3.8, 4) is 5.75 Å². The number of anilines is 1. The molecule has 0 saturated heterocycles. The third-order valence-corrected chi connectivity index (χ3v) is 4.25. The molecule has 0 atom stereocenters. The highest BCUT2D eigenvalue weighted by Gasteiger charge is 2.28. The Labute approximate surface area is 138 Å². The molecule has 0 spiro atoms. The van der Waals surface area contributed by atoms with Crippen LogP contribution < -0.4 is 5.32 Å². The molecule has 1 amide bonds. The summed E-state index contributed by atoms with van der Waals surface area (Å²) in [4.78, 5) is 21.5. The van der Waals surface area contributed by atoms with Gasteiger partial charge in [-0.1, -0.05) is 0 Å². The van der Waals surface area contributed by atoms with Gasteiger partial charge in [-0.15, -0.1) is 0 Å². The minimum atomic E-state index is -0.325. The van der Waals surface area contributed by atoms with Crippen LogP contribution in [0.1, 0.15) is 40.5 Å². The maximum Gasteiger partial charge on any atom is 0.257 e. The number of aromatic hydroxyl groups is 1. The van der Waals surface area contributed by atoms with Gasteiger partial charge in [-0.25, -0.2) is 9.97 Å². The molecule has 3 aromatic rings. The van der Waals surface area contributed by atoms with E-state index >= 15 is 0 Å². The highest BCUT2D eigenvalue weighted by molar-refractivity contribution is 6.12. The second-order valence-electron chi connectivity index (χ2n) is 6.10. The molecule has 0 aliphatic heterocycles. The number of nitrogens with one attached hydrogen (secondary N) is 1. The molecule has 0 aromatic carbocycles. The van der Waals surface area contributed by atoms with Crippen LogP contribution >= 0.6 is 0 Å². The number of aryl methyl sites for hydroxylation is 2. The van der Waals surface area contributed by atoms with Crippen LogP contribution in [0.25, 0.3) is 11.0 Å². The molecule has 4 rings (SSSR count). The van der Waals surface area contributed by atoms with Gasteiger partial charge in [0, 0.05) is 24.9 Å². The van der Waals surface area contributed by atoms with Gasteiger partial charge in [0.25, 0.3) is 5.91 Å². The number of nitrogens with zero attached hydrogens (tertiary/aromatic N) is 4. The lowest BCUT2D eigenvalue weighted by atomic mass is 10.1. The first kappa shape index (κ1) is 14.6. The molecule has 3 heterocycles. The first-order valence-corrected chi connectivity index (χ1v) is 7.84. The third kappa shape index (κ3) is 2.38. The fraction of sp³-hybridized carbons (Fsp3) is 0.294. The fourth-order valence-electron chi connectivity index (χ4n) is 2.90. The second-order valence-corrected chi connectivity index (χ2v) is 6.10. The van der Waals surface area contributed by atoms with E-state index in [1.165, 1.54) is 12.3 Å². The third-order valence-electron chi connectivity index (χ3n) is 4.25. The van der Waals surface area contributed by atoms with Crippen LogP contribution in [0.3, 0.4) is 0 Å². The van der Waals surface area contributed by atoms with E-state index in [1.807, 2.05) is 20.0 Å². The highest BCUT2D eigenvalue weighted by atomic mass is 16.3. The standard InChI is InChI=1S/C17H17N5O2/c1-9-14-11(17(24)20-15-13(23)4-3-7-18-15)8-12(10-5-6-10)19-16(14)22(2)21-9/h3-4,7-8,10,23H,5-6H2,1-2H3,(H,18,20,24). The van der Waals surface area contributed by atoms with Crippen molar-refractivity contribution in [3.05, 3.63) is 41.3 Å². The summed E-state index contributed by atoms with van der Waals surface area (Å²) in [6, 6.07) is 4.92. The van der Waals surface area contributed by atoms with Gasteiger partial charge in [-0.3, -0.25) is 9.48 Å². The van der Waals surface area contributed by atoms with Gasteiger partial charge in [0.15, 0.2) is 17.2 Å². The van der Waals surface area contributed by atoms with Crippen LogP contribution in [0.4, 0.5) is 5.82 Å². The fourth-order valence-corrected chi connectivity index (χ4v) is 2.90. The number of rotatable bonds is 3. The van der Waals surface area contributed by atoms with E-state index in [4.69, 9.17) is 0 Å². The minimum absolute atomic E-state index is 0.0681. The molecule has 3 aromatic heterocycles. The van der Waals surface area contributed by atoms with E-state index in [2.05, 4.69) is 20.4 Å². The number of aromatic nitrogens is 4. The molecule has 24 heavy (non-hydrogen) atoms. The number of fused-ring (bicyclic) bond motifs is 1. The van der Waals surface area contributed by atoms with Crippen LogP contribution in [0.2, 0.25) is 0 Å². The summed E-state index contributed by atoms with van der Waals surface area (Å²) in [6.45, 7) is 1.86. The van der Waals surface area contributed by atoms with E-state index in [1.54, 1.807) is 10.7 Å². The highest BCUT2D eigenvalue weighted by Crippen LogP contribution is 2.40. The van der Waals surface area contributed by atoms with Crippen LogP contribution in [-0.2, 0) is 7.05 Å². The van der Waals surface area contributed by atoms with Crippen molar-refractivity contribution >= 4 is 22.8 Å². The number of pyridine rings is 2. The lowest BCUT2D eigenvalue weighted by Crippen LogP contribution is -2.14. The van der Waals surface area contributed by atoms with Gasteiger partial charge >= 0.3 is 0 Å². The van der Waals surface area contributed by atoms with Crippen LogP contribution in [0.5, 0.6) is 5.75 Å². The molecule has 1 aliphatic carbocycles. The molecular formula is C17H17N5O2. The van der Waals surface area contributed by atoms with Crippen LogP contribution in [0.15, 0.2) is 24.4 Å². The molecule has 1 fully saturated rings. The molecule has 7 nitrogen and oxygen atoms in total. The topological polar surface area (TPSA) is 92.9 Å². The van der Waals surface area contributed by atoms with Crippen molar-refractivity contribution in [2.45, 2.75) is 25.7 Å². The van der Waals surface area contributed by atoms with Gasteiger partial charge in [0.2, 0.25) is 0 Å². The van der Waals surface area contributed by atoms with Crippen molar-refractivity contribution in [2.75, 3.05) is 5.32 Å². The lowest BCUT2D eigenvalue weighted by Gasteiger charge is -2.09. The Morgan fingerprint density at radius 2 is 2.21 bits per heavy atom. The quantitative estimate of drug-likeness (QED) is 0.772. The summed E-state index contributed by atoms with van der Waals surface area (Å²) in [5, 5.41) is 17.6. The normalized spacial score (nSPS) is 14.1. The zero-order valence-corrected chi connectivity index (χ0v) is 13.4. The number of carbonyl (C=O) groups is 1. The van der Waals surface area contributed by atoms with Crippen molar-refractivity contribution in [3.63, 3.8) is 0 Å². The van der Waals surface area contributed by atoms with E-state index in [-0.39, 0.29) is 17.5 Å². The Balaban J connectivity index is 1.82. The number of hydrogen-bond acceptors (Lipinski definition) is 5. The first-order chi connectivity index (χ1) is 11.5. The molecule has 0 unspecified atom stereocenters. The number of amides is 1. The average molecular weight is 323 g/mol. The molecule has 7 heteroatoms. The predicted octanol–water partition coefficient (Wildman–Crippen LogP) is 2.51. The van der Waals surface area contributed by atoms with Gasteiger partial charge in [0.05, 0.1) is 16.6 Å². The van der Waals surface area contributed by atoms with Crippen LogP contribution in [-0.4, -0.2) is 30.8 Å². The van der Waals surface area contributed by atoms with Crippen LogP contribution in [0, 0.1) is 6.92 Å². The molecular weight excluding hydrogens is 306 g/mol. The Kier molecular flexibility index (Phi) is 3.23. The Morgan fingerprint density at radius 1 is 1.42 bits per heavy atom. The Hall–Kier alpha value is -2.96. The first-order valence-electron chi connectivity index (χ1n) is 7.84. The summed E-state index contributed by atoms with van der Waals surface area (Å²) in [5.74, 6) is 0.164. The maximum absolute atomic E-state index is 12.8. The molecule has 2 N–H and O–H groups in total. The largest absolute Gasteiger partial charge is 0.504 e. The molecule has 122 valence electrons. The molecule has 1 aliphatic rings. The number of carbonyl (C=O) groups excluding carboxylic acids is 1. The summed E-state index contributed by atoms with van der Waals surface area (Å²) in [6.07, 6.45) is 3.71. The van der Waals surface area contributed by atoms with E-state index in [0.29, 0.717) is 17.1 Å². The predicted molar refractivity (Wildman–Crippen MR) is 89.1 cm³/mol. The lowest BCUT2D eigenvalue weighted by molar-refractivity contribution is 0.102. The minimum Gasteiger partial charge on any atom is -0.504 e. The molecule has 0 radical (unpaired) electrons. The number of hydrogen-bond donors (Lipinski definition) is 2. The van der Waals surface area contributed by atoms with Gasteiger partial charge in [-0.2, -0.15) is 5.10 Å². The van der Waals surface area contributed by atoms with Gasteiger partial charge < -0.3 is 10.4 Å². The Morgan fingerprint density at radius 3 is 2.92 bits per heavy atom.